The van der Waals surface area contributed by atoms with Crippen LogP contribution in [0.1, 0.15) is 35.7 Å². The van der Waals surface area contributed by atoms with Gasteiger partial charge in [0.2, 0.25) is 0 Å². The highest BCUT2D eigenvalue weighted by Gasteiger charge is 2.35. The molecule has 0 saturated carbocycles. The van der Waals surface area contributed by atoms with E-state index in [1.54, 1.807) is 6.92 Å². The van der Waals surface area contributed by atoms with Gasteiger partial charge in [0.15, 0.2) is 5.78 Å². The molecule has 1 heterocycles. The van der Waals surface area contributed by atoms with Crippen molar-refractivity contribution in [2.45, 2.75) is 38.1 Å². The molecule has 2 atom stereocenters. The molecular weight excluding hydrogens is 264 g/mol. The third-order valence-electron chi connectivity index (χ3n) is 3.08. The van der Waals surface area contributed by atoms with E-state index in [1.807, 2.05) is 0 Å². The second-order valence-electron chi connectivity index (χ2n) is 4.57. The number of halogens is 4. The Bertz CT molecular complexity index is 496. The molecule has 1 aromatic carbocycles. The van der Waals surface area contributed by atoms with Gasteiger partial charge in [0, 0.05) is 5.56 Å². The number of rotatable bonds is 2. The molecule has 2 nitrogen and oxygen atoms in total. The first-order valence-corrected chi connectivity index (χ1v) is 5.85. The maximum absolute atomic E-state index is 13.4. The second kappa shape index (κ2) is 4.92. The molecule has 0 aliphatic carbocycles. The minimum absolute atomic E-state index is 0.0618. The normalized spacial score (nSPS) is 23.6. The minimum Gasteiger partial charge on any atom is -0.367 e. The molecule has 6 heteroatoms. The average molecular weight is 276 g/mol. The molecule has 0 N–H and O–H groups in total. The zero-order valence-corrected chi connectivity index (χ0v) is 10.1. The van der Waals surface area contributed by atoms with Crippen LogP contribution in [0, 0.1) is 5.82 Å². The summed E-state index contributed by atoms with van der Waals surface area (Å²) in [5.41, 5.74) is -1.46. The van der Waals surface area contributed by atoms with E-state index < -0.39 is 29.4 Å². The van der Waals surface area contributed by atoms with E-state index in [0.29, 0.717) is 25.0 Å². The summed E-state index contributed by atoms with van der Waals surface area (Å²) < 4.78 is 55.8. The van der Waals surface area contributed by atoms with Crippen molar-refractivity contribution in [2.24, 2.45) is 0 Å². The van der Waals surface area contributed by atoms with E-state index in [9.17, 15) is 22.4 Å². The van der Waals surface area contributed by atoms with Gasteiger partial charge in [0.05, 0.1) is 11.7 Å². The molecule has 19 heavy (non-hydrogen) atoms. The van der Waals surface area contributed by atoms with E-state index in [0.717, 1.165) is 6.07 Å². The molecule has 0 radical (unpaired) electrons. The van der Waals surface area contributed by atoms with Crippen molar-refractivity contribution < 1.29 is 27.1 Å². The summed E-state index contributed by atoms with van der Waals surface area (Å²) in [4.78, 5) is 11.9. The predicted octanol–water partition coefficient (Wildman–Crippen LogP) is 3.59. The first kappa shape index (κ1) is 14.0. The fraction of sp³-hybridized carbons (Fsp3) is 0.462. The molecule has 1 saturated heterocycles. The molecule has 104 valence electrons. The predicted molar refractivity (Wildman–Crippen MR) is 59.3 cm³/mol. The Morgan fingerprint density at radius 1 is 1.32 bits per heavy atom. The molecule has 0 amide bonds. The smallest absolute Gasteiger partial charge is 0.367 e. The molecule has 0 spiro atoms. The summed E-state index contributed by atoms with van der Waals surface area (Å²) >= 11 is 0. The van der Waals surface area contributed by atoms with Gasteiger partial charge in [-0.05, 0) is 31.9 Å². The van der Waals surface area contributed by atoms with Gasteiger partial charge < -0.3 is 4.74 Å². The number of carbonyl (C=O) groups excluding carboxylic acids is 1. The van der Waals surface area contributed by atoms with Crippen LogP contribution >= 0.6 is 0 Å². The number of benzene rings is 1. The number of carbonyl (C=O) groups is 1. The van der Waals surface area contributed by atoms with Crippen molar-refractivity contribution in [3.05, 3.63) is 35.1 Å². The van der Waals surface area contributed by atoms with E-state index in [4.69, 9.17) is 4.74 Å². The van der Waals surface area contributed by atoms with Gasteiger partial charge >= 0.3 is 6.18 Å². The van der Waals surface area contributed by atoms with Crippen molar-refractivity contribution in [3.63, 3.8) is 0 Å². The van der Waals surface area contributed by atoms with Gasteiger partial charge in [-0.15, -0.1) is 0 Å². The maximum atomic E-state index is 13.4. The minimum atomic E-state index is -4.76. The van der Waals surface area contributed by atoms with Crippen LogP contribution in [-0.4, -0.2) is 18.0 Å². The molecule has 1 fully saturated rings. The van der Waals surface area contributed by atoms with Gasteiger partial charge in [-0.25, -0.2) is 4.39 Å². The van der Waals surface area contributed by atoms with E-state index in [1.165, 1.54) is 0 Å². The van der Waals surface area contributed by atoms with Gasteiger partial charge in [0.25, 0.3) is 0 Å². The number of ketones is 1. The Morgan fingerprint density at radius 3 is 2.47 bits per heavy atom. The monoisotopic (exact) mass is 276 g/mol. The zero-order valence-electron chi connectivity index (χ0n) is 10.1. The average Bonchev–Trinajstić information content (AvgIpc) is 2.73. The Hall–Kier alpha value is -1.43. The van der Waals surface area contributed by atoms with Crippen LogP contribution in [0.15, 0.2) is 18.2 Å². The van der Waals surface area contributed by atoms with Crippen molar-refractivity contribution in [2.75, 3.05) is 0 Å². The molecule has 1 aromatic rings. The Morgan fingerprint density at radius 2 is 2.00 bits per heavy atom. The van der Waals surface area contributed by atoms with Crippen LogP contribution in [-0.2, 0) is 10.9 Å². The van der Waals surface area contributed by atoms with Crippen molar-refractivity contribution in [1.82, 2.24) is 0 Å². The number of alkyl halides is 3. The number of Topliss-reactive ketones (excluding diaryl/α,β-unsaturated/α-hetero) is 1. The highest BCUT2D eigenvalue weighted by molar-refractivity contribution is 5.99. The van der Waals surface area contributed by atoms with Crippen LogP contribution < -0.4 is 0 Å². The fourth-order valence-electron chi connectivity index (χ4n) is 2.08. The van der Waals surface area contributed by atoms with Crippen LogP contribution in [0.5, 0.6) is 0 Å². The van der Waals surface area contributed by atoms with Crippen LogP contribution in [0.3, 0.4) is 0 Å². The summed E-state index contributed by atoms with van der Waals surface area (Å²) in [6.07, 6.45) is -4.30. The lowest BCUT2D eigenvalue weighted by Crippen LogP contribution is -2.21. The summed E-state index contributed by atoms with van der Waals surface area (Å²) in [5.74, 6) is -1.92. The second-order valence-corrected chi connectivity index (χ2v) is 4.57. The van der Waals surface area contributed by atoms with Crippen LogP contribution in [0.4, 0.5) is 17.6 Å². The van der Waals surface area contributed by atoms with Gasteiger partial charge in [-0.3, -0.25) is 4.79 Å². The lowest BCUT2D eigenvalue weighted by Gasteiger charge is -2.12. The number of hydrogen-bond donors (Lipinski definition) is 0. The summed E-state index contributed by atoms with van der Waals surface area (Å²) in [7, 11) is 0. The third kappa shape index (κ3) is 2.94. The Labute approximate surface area is 107 Å². The third-order valence-corrected chi connectivity index (χ3v) is 3.08. The fourth-order valence-corrected chi connectivity index (χ4v) is 2.08. The van der Waals surface area contributed by atoms with Gasteiger partial charge in [-0.2, -0.15) is 13.2 Å². The van der Waals surface area contributed by atoms with Gasteiger partial charge in [0.1, 0.15) is 11.9 Å². The molecule has 1 aliphatic heterocycles. The molecule has 0 aromatic heterocycles. The number of hydrogen-bond acceptors (Lipinski definition) is 2. The Kier molecular flexibility index (Phi) is 3.62. The van der Waals surface area contributed by atoms with Crippen LogP contribution in [0.2, 0.25) is 0 Å². The lowest BCUT2D eigenvalue weighted by atomic mass is 10.0. The summed E-state index contributed by atoms with van der Waals surface area (Å²) in [5, 5.41) is 0. The van der Waals surface area contributed by atoms with E-state index in [2.05, 4.69) is 0 Å². The maximum Gasteiger partial charge on any atom is 0.419 e. The quantitative estimate of drug-likeness (QED) is 0.609. The molecule has 2 rings (SSSR count). The highest BCUT2D eigenvalue weighted by Crippen LogP contribution is 2.32. The van der Waals surface area contributed by atoms with Crippen molar-refractivity contribution in [1.29, 1.82) is 0 Å². The lowest BCUT2D eigenvalue weighted by molar-refractivity contribution is -0.140. The first-order chi connectivity index (χ1) is 8.79. The molecule has 1 aliphatic rings. The topological polar surface area (TPSA) is 26.3 Å². The van der Waals surface area contributed by atoms with E-state index >= 15 is 0 Å². The molecule has 0 bridgehead atoms. The highest BCUT2D eigenvalue weighted by atomic mass is 19.4. The van der Waals surface area contributed by atoms with Crippen molar-refractivity contribution >= 4 is 5.78 Å². The molecular formula is C13H12F4O2. The number of ether oxygens (including phenoxy) is 1. The summed E-state index contributed by atoms with van der Waals surface area (Å²) in [6, 6.07) is 2.19. The van der Waals surface area contributed by atoms with Gasteiger partial charge in [-0.1, -0.05) is 6.07 Å². The SMILES string of the molecule is CC1CCC(C(=O)c2ccc(C(F)(F)F)c(F)c2)O1. The molecule has 2 unspecified atom stereocenters. The standard InChI is InChI=1S/C13H12F4O2/c1-7-2-5-11(19-7)12(18)8-3-4-9(10(14)6-8)13(15,16)17/h3-4,6-7,11H,2,5H2,1H3. The first-order valence-electron chi connectivity index (χ1n) is 5.85. The van der Waals surface area contributed by atoms with E-state index in [-0.39, 0.29) is 11.7 Å². The van der Waals surface area contributed by atoms with Crippen molar-refractivity contribution in [3.8, 4) is 0 Å². The largest absolute Gasteiger partial charge is 0.419 e. The zero-order chi connectivity index (χ0) is 14.2. The summed E-state index contributed by atoms with van der Waals surface area (Å²) in [6.45, 7) is 1.81. The van der Waals surface area contributed by atoms with Crippen LogP contribution in [0.25, 0.3) is 0 Å². The Balaban J connectivity index is 2.23.